The van der Waals surface area contributed by atoms with Gasteiger partial charge in [-0.3, -0.25) is 15.0 Å². The molecule has 7 heterocycles. The third kappa shape index (κ3) is 5.13. The molecule has 16 rings (SSSR count). The topological polar surface area (TPSA) is 62.7 Å². The van der Waals surface area contributed by atoms with Crippen molar-refractivity contribution in [2.75, 3.05) is 0 Å². The van der Waals surface area contributed by atoms with Crippen molar-refractivity contribution in [2.24, 2.45) is 0 Å². The van der Waals surface area contributed by atoms with Gasteiger partial charge in [0.25, 0.3) is 0 Å². The number of ether oxygens (including phenoxy) is 1. The van der Waals surface area contributed by atoms with Crippen molar-refractivity contribution >= 4 is 65.4 Å². The molecule has 1 aliphatic heterocycles. The number of aromatic nitrogens is 6. The van der Waals surface area contributed by atoms with Crippen molar-refractivity contribution in [1.29, 1.82) is 0 Å². The van der Waals surface area contributed by atoms with Gasteiger partial charge in [0.05, 0.1) is 85.6 Å². The number of pyridine rings is 3. The van der Waals surface area contributed by atoms with E-state index in [1.54, 1.807) is 0 Å². The summed E-state index contributed by atoms with van der Waals surface area (Å²) in [6, 6.07) is 74.0. The van der Waals surface area contributed by atoms with Crippen molar-refractivity contribution < 1.29 is 4.74 Å². The molecule has 14 aromatic rings. The number of fused-ring (bicyclic) bond motifs is 18. The summed E-state index contributed by atoms with van der Waals surface area (Å²) >= 11 is 0. The van der Waals surface area contributed by atoms with E-state index in [4.69, 9.17) is 19.7 Å². The Morgan fingerprint density at radius 1 is 0.310 bits per heavy atom. The van der Waals surface area contributed by atoms with Gasteiger partial charge in [0, 0.05) is 66.3 Å². The zero-order valence-corrected chi connectivity index (χ0v) is 38.0. The van der Waals surface area contributed by atoms with Gasteiger partial charge in [0.1, 0.15) is 11.5 Å². The van der Waals surface area contributed by atoms with E-state index in [-0.39, 0.29) is 0 Å². The van der Waals surface area contributed by atoms with Crippen molar-refractivity contribution in [3.63, 3.8) is 0 Å². The Hall–Kier alpha value is -9.59. The first kappa shape index (κ1) is 38.4. The number of nitrogens with zero attached hydrogens (tertiary/aromatic N) is 6. The highest BCUT2D eigenvalue weighted by Crippen LogP contribution is 2.62. The number of para-hydroxylation sites is 7. The van der Waals surface area contributed by atoms with Crippen LogP contribution in [0.2, 0.25) is 0 Å². The van der Waals surface area contributed by atoms with Crippen LogP contribution in [-0.2, 0) is 5.41 Å². The third-order valence-electron chi connectivity index (χ3n) is 15.2. The predicted octanol–water partition coefficient (Wildman–Crippen LogP) is 15.3. The quantitative estimate of drug-likeness (QED) is 0.176. The lowest BCUT2D eigenvalue weighted by Gasteiger charge is -2.39. The fraction of sp³-hybridized carbons (Fsp3) is 0.0156. The van der Waals surface area contributed by atoms with Gasteiger partial charge >= 0.3 is 0 Å². The molecule has 8 aromatic carbocycles. The Labute approximate surface area is 406 Å². The molecule has 0 saturated heterocycles. The Morgan fingerprint density at radius 3 is 1.24 bits per heavy atom. The smallest absolute Gasteiger partial charge is 0.132 e. The predicted molar refractivity (Wildman–Crippen MR) is 286 cm³/mol. The van der Waals surface area contributed by atoms with Crippen LogP contribution in [0.3, 0.4) is 0 Å². The summed E-state index contributed by atoms with van der Waals surface area (Å²) in [5.74, 6) is 1.65. The molecule has 1 spiro atoms. The molecule has 0 unspecified atom stereocenters. The molecule has 7 heteroatoms. The molecule has 1 aliphatic carbocycles. The number of rotatable bonds is 4. The van der Waals surface area contributed by atoms with Gasteiger partial charge < -0.3 is 18.4 Å². The average Bonchev–Trinajstić information content (AvgIpc) is 4.15. The second-order valence-corrected chi connectivity index (χ2v) is 18.8. The van der Waals surface area contributed by atoms with E-state index >= 15 is 0 Å². The van der Waals surface area contributed by atoms with Crippen LogP contribution in [0.5, 0.6) is 11.5 Å². The van der Waals surface area contributed by atoms with Gasteiger partial charge in [-0.2, -0.15) is 0 Å². The number of benzene rings is 8. The molecule has 0 bridgehead atoms. The Balaban J connectivity index is 0.896. The van der Waals surface area contributed by atoms with Crippen molar-refractivity contribution in [1.82, 2.24) is 28.7 Å². The number of hydrogen-bond acceptors (Lipinski definition) is 4. The minimum atomic E-state index is -0.782. The van der Waals surface area contributed by atoms with Crippen molar-refractivity contribution in [2.45, 2.75) is 5.41 Å². The summed E-state index contributed by atoms with van der Waals surface area (Å²) in [5, 5.41) is 7.18. The zero-order valence-electron chi connectivity index (χ0n) is 38.0. The highest BCUT2D eigenvalue weighted by atomic mass is 16.5. The molecule has 330 valence electrons. The standard InChI is InChI=1S/C64H38N6O/c1-8-22-54-44(15-1)45-16-2-9-23-55(45)68(54)41-33-42(37-65-36-41)69-58-26-12-5-19-48(58)49-31-39(29-30-59(49)69)40-32-52-62(66-35-40)63-53(64(52)50-20-6-13-27-60(50)71-61-28-14-7-21-51(61)64)34-43(38-67-63)70-56-24-10-3-17-46(56)47-18-4-11-25-57(47)70/h1-38H. The normalized spacial score (nSPS) is 13.3. The average molecular weight is 907 g/mol. The first-order chi connectivity index (χ1) is 35.2. The van der Waals surface area contributed by atoms with Gasteiger partial charge in [0.2, 0.25) is 0 Å². The Bertz CT molecular complexity index is 4440. The van der Waals surface area contributed by atoms with Gasteiger partial charge in [-0.1, -0.05) is 133 Å². The van der Waals surface area contributed by atoms with E-state index in [0.29, 0.717) is 0 Å². The van der Waals surface area contributed by atoms with E-state index in [0.717, 1.165) is 112 Å². The van der Waals surface area contributed by atoms with Crippen LogP contribution in [0.25, 0.3) is 105 Å². The van der Waals surface area contributed by atoms with E-state index in [1.807, 2.05) is 24.8 Å². The molecule has 0 radical (unpaired) electrons. The van der Waals surface area contributed by atoms with Crippen LogP contribution in [-0.4, -0.2) is 28.7 Å². The summed E-state index contributed by atoms with van der Waals surface area (Å²) in [4.78, 5) is 15.7. The third-order valence-corrected chi connectivity index (χ3v) is 15.2. The maximum atomic E-state index is 6.77. The molecule has 2 aliphatic rings. The highest BCUT2D eigenvalue weighted by molar-refractivity contribution is 6.12. The molecule has 71 heavy (non-hydrogen) atoms. The van der Waals surface area contributed by atoms with E-state index in [9.17, 15) is 0 Å². The van der Waals surface area contributed by atoms with Crippen molar-refractivity contribution in [3.05, 3.63) is 253 Å². The van der Waals surface area contributed by atoms with Crippen LogP contribution >= 0.6 is 0 Å². The summed E-state index contributed by atoms with van der Waals surface area (Å²) in [7, 11) is 0. The molecule has 0 amide bonds. The second-order valence-electron chi connectivity index (χ2n) is 18.8. The zero-order chi connectivity index (χ0) is 46.4. The number of hydrogen-bond donors (Lipinski definition) is 0. The summed E-state index contributed by atoms with van der Waals surface area (Å²) in [5.41, 5.74) is 17.1. The Kier molecular flexibility index (Phi) is 7.69. The van der Waals surface area contributed by atoms with Crippen LogP contribution in [0.4, 0.5) is 0 Å². The van der Waals surface area contributed by atoms with Gasteiger partial charge in [-0.15, -0.1) is 0 Å². The molecule has 0 saturated carbocycles. The van der Waals surface area contributed by atoms with E-state index < -0.39 is 5.41 Å². The molecule has 0 atom stereocenters. The minimum Gasteiger partial charge on any atom is -0.457 e. The van der Waals surface area contributed by atoms with Gasteiger partial charge in [-0.25, -0.2) is 0 Å². The minimum absolute atomic E-state index is 0.782. The monoisotopic (exact) mass is 906 g/mol. The SMILES string of the molecule is c1ccc2c(c1)Oc1ccccc1C21c2cc(-c3ccc4c(c3)c3ccccc3n4-c3cncc(-n4c5ccccc5c5ccccc54)c3)cnc2-c2ncc(-n3c4ccccc4c4ccccc43)cc21. The lowest BCUT2D eigenvalue weighted by atomic mass is 9.66. The van der Waals surface area contributed by atoms with Crippen LogP contribution in [0.15, 0.2) is 231 Å². The van der Waals surface area contributed by atoms with Gasteiger partial charge in [0.15, 0.2) is 0 Å². The van der Waals surface area contributed by atoms with Crippen LogP contribution in [0.1, 0.15) is 22.3 Å². The van der Waals surface area contributed by atoms with Crippen LogP contribution < -0.4 is 4.74 Å². The van der Waals surface area contributed by atoms with E-state index in [2.05, 4.69) is 220 Å². The largest absolute Gasteiger partial charge is 0.457 e. The lowest BCUT2D eigenvalue weighted by molar-refractivity contribution is 0.436. The fourth-order valence-electron chi connectivity index (χ4n) is 12.4. The molecule has 6 aromatic heterocycles. The first-order valence-corrected chi connectivity index (χ1v) is 24.1. The van der Waals surface area contributed by atoms with Crippen LogP contribution in [0, 0.1) is 0 Å². The fourth-order valence-corrected chi connectivity index (χ4v) is 12.4. The molecular formula is C64H38N6O. The summed E-state index contributed by atoms with van der Waals surface area (Å²) in [6.45, 7) is 0. The lowest BCUT2D eigenvalue weighted by Crippen LogP contribution is -2.32. The first-order valence-electron chi connectivity index (χ1n) is 24.1. The highest BCUT2D eigenvalue weighted by Gasteiger charge is 2.53. The van der Waals surface area contributed by atoms with Gasteiger partial charge in [-0.05, 0) is 78.4 Å². The molecular weight excluding hydrogens is 869 g/mol. The maximum absolute atomic E-state index is 6.77. The summed E-state index contributed by atoms with van der Waals surface area (Å²) in [6.07, 6.45) is 7.99. The maximum Gasteiger partial charge on any atom is 0.132 e. The molecule has 0 fully saturated rings. The molecule has 7 nitrogen and oxygen atoms in total. The summed E-state index contributed by atoms with van der Waals surface area (Å²) < 4.78 is 13.8. The Morgan fingerprint density at radius 2 is 0.718 bits per heavy atom. The van der Waals surface area contributed by atoms with Crippen molar-refractivity contribution in [3.8, 4) is 51.1 Å². The van der Waals surface area contributed by atoms with E-state index in [1.165, 1.54) is 26.9 Å². The molecule has 0 N–H and O–H groups in total. The second kappa shape index (κ2) is 14.2.